The predicted octanol–water partition coefficient (Wildman–Crippen LogP) is 3.12. The van der Waals surface area contributed by atoms with Gasteiger partial charge in [-0.05, 0) is 29.3 Å². The molecular formula is C10H12N2S. The second-order valence-corrected chi connectivity index (χ2v) is 4.43. The molecule has 2 rings (SSSR count). The van der Waals surface area contributed by atoms with Crippen LogP contribution < -0.4 is 0 Å². The molecule has 0 saturated carbocycles. The third kappa shape index (κ3) is 1.33. The Labute approximate surface area is 81.6 Å². The average Bonchev–Trinajstić information content (AvgIpc) is 2.48. The summed E-state index contributed by atoms with van der Waals surface area (Å²) in [6.07, 6.45) is 1.88. The first-order valence-corrected chi connectivity index (χ1v) is 5.27. The Hall–Kier alpha value is -0.960. The molecule has 0 aromatic carbocycles. The van der Waals surface area contributed by atoms with E-state index >= 15 is 0 Å². The van der Waals surface area contributed by atoms with Crippen molar-refractivity contribution in [1.29, 1.82) is 0 Å². The molecule has 0 unspecified atom stereocenters. The number of aromatic nitrogens is 2. The van der Waals surface area contributed by atoms with Gasteiger partial charge in [-0.15, -0.1) is 16.4 Å². The van der Waals surface area contributed by atoms with Crippen molar-refractivity contribution in [1.82, 2.24) is 10.2 Å². The summed E-state index contributed by atoms with van der Waals surface area (Å²) in [7, 11) is 0. The highest BCUT2D eigenvalue weighted by molar-refractivity contribution is 7.17. The summed E-state index contributed by atoms with van der Waals surface area (Å²) in [4.78, 5) is 0. The molecule has 0 spiro atoms. The molecule has 2 nitrogen and oxygen atoms in total. The van der Waals surface area contributed by atoms with E-state index in [1.807, 2.05) is 6.20 Å². The molecule has 0 atom stereocenters. The van der Waals surface area contributed by atoms with Gasteiger partial charge in [0.2, 0.25) is 0 Å². The molecule has 0 fully saturated rings. The van der Waals surface area contributed by atoms with Crippen molar-refractivity contribution in [2.24, 2.45) is 0 Å². The van der Waals surface area contributed by atoms with Crippen LogP contribution in [-0.2, 0) is 0 Å². The van der Waals surface area contributed by atoms with Crippen LogP contribution in [0.15, 0.2) is 11.6 Å². The summed E-state index contributed by atoms with van der Waals surface area (Å²) in [5.41, 5.74) is 3.61. The molecule has 0 radical (unpaired) electrons. The van der Waals surface area contributed by atoms with Crippen LogP contribution in [0.4, 0.5) is 0 Å². The standard InChI is InChI=1S/C10H12N2S/c1-6(2)8-4-11-12-9-7(3)5-13-10(8)9/h4-6H,1-3H3. The summed E-state index contributed by atoms with van der Waals surface area (Å²) in [5.74, 6) is 0.524. The highest BCUT2D eigenvalue weighted by atomic mass is 32.1. The molecular weight excluding hydrogens is 180 g/mol. The van der Waals surface area contributed by atoms with E-state index in [0.29, 0.717) is 5.92 Å². The van der Waals surface area contributed by atoms with Crippen molar-refractivity contribution in [3.63, 3.8) is 0 Å². The lowest BCUT2D eigenvalue weighted by Gasteiger charge is -2.04. The fourth-order valence-corrected chi connectivity index (χ4v) is 2.53. The summed E-state index contributed by atoms with van der Waals surface area (Å²) in [5, 5.41) is 10.3. The first-order valence-electron chi connectivity index (χ1n) is 4.39. The van der Waals surface area contributed by atoms with E-state index in [0.717, 1.165) is 5.52 Å². The maximum Gasteiger partial charge on any atom is 0.107 e. The van der Waals surface area contributed by atoms with Gasteiger partial charge in [0, 0.05) is 0 Å². The van der Waals surface area contributed by atoms with Crippen LogP contribution in [0.3, 0.4) is 0 Å². The largest absolute Gasteiger partial charge is 0.158 e. The maximum absolute atomic E-state index is 4.14. The van der Waals surface area contributed by atoms with Crippen LogP contribution in [0.1, 0.15) is 30.9 Å². The zero-order chi connectivity index (χ0) is 9.42. The van der Waals surface area contributed by atoms with Crippen LogP contribution in [-0.4, -0.2) is 10.2 Å². The minimum Gasteiger partial charge on any atom is -0.158 e. The minimum absolute atomic E-state index is 0.524. The van der Waals surface area contributed by atoms with Gasteiger partial charge in [-0.3, -0.25) is 0 Å². The van der Waals surface area contributed by atoms with Gasteiger partial charge in [-0.1, -0.05) is 13.8 Å². The Bertz CT molecular complexity index is 431. The number of nitrogens with zero attached hydrogens (tertiary/aromatic N) is 2. The first-order chi connectivity index (χ1) is 6.20. The van der Waals surface area contributed by atoms with Crippen LogP contribution in [0.5, 0.6) is 0 Å². The van der Waals surface area contributed by atoms with Gasteiger partial charge in [-0.2, -0.15) is 5.10 Å². The zero-order valence-corrected chi connectivity index (χ0v) is 8.85. The minimum atomic E-state index is 0.524. The molecule has 68 valence electrons. The third-order valence-corrected chi connectivity index (χ3v) is 3.32. The predicted molar refractivity (Wildman–Crippen MR) is 56.2 cm³/mol. The Balaban J connectivity index is 2.77. The molecule has 0 aliphatic rings. The highest BCUT2D eigenvalue weighted by Crippen LogP contribution is 2.29. The molecule has 0 aliphatic carbocycles. The van der Waals surface area contributed by atoms with Crippen LogP contribution in [0.25, 0.3) is 10.2 Å². The van der Waals surface area contributed by atoms with Crippen LogP contribution in [0, 0.1) is 6.92 Å². The fourth-order valence-electron chi connectivity index (χ4n) is 1.39. The highest BCUT2D eigenvalue weighted by Gasteiger charge is 2.09. The summed E-state index contributed by atoms with van der Waals surface area (Å²) in [6.45, 7) is 6.45. The fraction of sp³-hybridized carbons (Fsp3) is 0.400. The molecule has 2 heterocycles. The van der Waals surface area contributed by atoms with Crippen LogP contribution >= 0.6 is 11.3 Å². The number of rotatable bonds is 1. The van der Waals surface area contributed by atoms with Gasteiger partial charge in [0.1, 0.15) is 5.52 Å². The molecule has 0 saturated heterocycles. The van der Waals surface area contributed by atoms with Gasteiger partial charge < -0.3 is 0 Å². The Kier molecular flexibility index (Phi) is 2.04. The SMILES string of the molecule is Cc1csc2c(C(C)C)cnnc12. The molecule has 0 bridgehead atoms. The third-order valence-electron chi connectivity index (χ3n) is 2.18. The number of thiophene rings is 1. The molecule has 0 amide bonds. The quantitative estimate of drug-likeness (QED) is 0.693. The number of hydrogen-bond donors (Lipinski definition) is 0. The van der Waals surface area contributed by atoms with Gasteiger partial charge in [0.05, 0.1) is 10.9 Å². The van der Waals surface area contributed by atoms with Gasteiger partial charge in [0.15, 0.2) is 0 Å². The van der Waals surface area contributed by atoms with E-state index in [1.54, 1.807) is 11.3 Å². The van der Waals surface area contributed by atoms with Crippen LogP contribution in [0.2, 0.25) is 0 Å². The van der Waals surface area contributed by atoms with Crippen molar-refractivity contribution in [2.45, 2.75) is 26.7 Å². The van der Waals surface area contributed by atoms with E-state index in [-0.39, 0.29) is 0 Å². The van der Waals surface area contributed by atoms with Crippen molar-refractivity contribution in [3.05, 3.63) is 22.7 Å². The van der Waals surface area contributed by atoms with E-state index in [9.17, 15) is 0 Å². The molecule has 0 N–H and O–H groups in total. The first kappa shape index (κ1) is 8.63. The normalized spacial score (nSPS) is 11.4. The molecule has 13 heavy (non-hydrogen) atoms. The smallest absolute Gasteiger partial charge is 0.107 e. The topological polar surface area (TPSA) is 25.8 Å². The monoisotopic (exact) mass is 192 g/mol. The second kappa shape index (κ2) is 3.07. The summed E-state index contributed by atoms with van der Waals surface area (Å²) < 4.78 is 1.29. The molecule has 2 aromatic rings. The molecule has 2 aromatic heterocycles. The zero-order valence-electron chi connectivity index (χ0n) is 8.03. The lowest BCUT2D eigenvalue weighted by molar-refractivity contribution is 0.860. The van der Waals surface area contributed by atoms with Crippen molar-refractivity contribution in [3.8, 4) is 0 Å². The second-order valence-electron chi connectivity index (χ2n) is 3.55. The molecule has 3 heteroatoms. The van der Waals surface area contributed by atoms with Crippen molar-refractivity contribution in [2.75, 3.05) is 0 Å². The number of fused-ring (bicyclic) bond motifs is 1. The Morgan fingerprint density at radius 3 is 2.85 bits per heavy atom. The molecule has 0 aliphatic heterocycles. The van der Waals surface area contributed by atoms with Crippen molar-refractivity contribution >= 4 is 21.6 Å². The number of hydrogen-bond acceptors (Lipinski definition) is 3. The van der Waals surface area contributed by atoms with Gasteiger partial charge >= 0.3 is 0 Å². The van der Waals surface area contributed by atoms with Gasteiger partial charge in [0.25, 0.3) is 0 Å². The average molecular weight is 192 g/mol. The lowest BCUT2D eigenvalue weighted by atomic mass is 10.1. The lowest BCUT2D eigenvalue weighted by Crippen LogP contribution is -1.91. The number of aryl methyl sites for hydroxylation is 1. The summed E-state index contributed by atoms with van der Waals surface area (Å²) >= 11 is 1.77. The van der Waals surface area contributed by atoms with E-state index in [4.69, 9.17) is 0 Å². The van der Waals surface area contributed by atoms with E-state index in [1.165, 1.54) is 15.8 Å². The van der Waals surface area contributed by atoms with E-state index in [2.05, 4.69) is 36.3 Å². The van der Waals surface area contributed by atoms with E-state index < -0.39 is 0 Å². The Morgan fingerprint density at radius 1 is 1.38 bits per heavy atom. The van der Waals surface area contributed by atoms with Gasteiger partial charge in [-0.25, -0.2) is 0 Å². The Morgan fingerprint density at radius 2 is 2.15 bits per heavy atom. The maximum atomic E-state index is 4.14. The summed E-state index contributed by atoms with van der Waals surface area (Å²) in [6, 6.07) is 0. The van der Waals surface area contributed by atoms with Crippen molar-refractivity contribution < 1.29 is 0 Å².